The summed E-state index contributed by atoms with van der Waals surface area (Å²) in [7, 11) is 1.91. The molecule has 0 saturated carbocycles. The molecule has 2 aromatic heterocycles. The molecule has 0 bridgehead atoms. The van der Waals surface area contributed by atoms with Crippen molar-refractivity contribution in [1.29, 1.82) is 0 Å². The van der Waals surface area contributed by atoms with Crippen LogP contribution in [0, 0.1) is 6.92 Å². The number of hydrogen-bond acceptors (Lipinski definition) is 6. The van der Waals surface area contributed by atoms with Gasteiger partial charge in [0.15, 0.2) is 11.6 Å². The van der Waals surface area contributed by atoms with Crippen molar-refractivity contribution in [2.75, 3.05) is 24.5 Å². The van der Waals surface area contributed by atoms with Crippen molar-refractivity contribution in [3.63, 3.8) is 0 Å². The molecule has 0 spiro atoms. The van der Waals surface area contributed by atoms with E-state index in [1.54, 1.807) is 17.7 Å². The highest BCUT2D eigenvalue weighted by Gasteiger charge is 2.27. The lowest BCUT2D eigenvalue weighted by Gasteiger charge is -2.39. The molecule has 1 aliphatic heterocycles. The molecule has 0 N–H and O–H groups in total. The summed E-state index contributed by atoms with van der Waals surface area (Å²) in [5.41, 5.74) is 1.81. The maximum atomic E-state index is 12.9. The summed E-state index contributed by atoms with van der Waals surface area (Å²) in [6.45, 7) is 6.43. The number of aromatic nitrogens is 6. The highest BCUT2D eigenvalue weighted by Crippen LogP contribution is 2.20. The van der Waals surface area contributed by atoms with Gasteiger partial charge in [-0.2, -0.15) is 9.90 Å². The van der Waals surface area contributed by atoms with Gasteiger partial charge in [-0.15, -0.1) is 10.2 Å². The molecule has 1 unspecified atom stereocenters. The second-order valence-electron chi connectivity index (χ2n) is 7.72. The van der Waals surface area contributed by atoms with Gasteiger partial charge in [0, 0.05) is 56.1 Å². The number of tetrazole rings is 1. The standard InChI is InChI=1S/C21H25ClN8O/c1-15-13-28(20-8-9-27(3)25-20)10-11-29(15)21(31)7-5-17-4-6-19(22)12-18(17)14-30-24-16(2)23-26-30/h4-9,12,15H,10-11,13-14H2,1-3H3. The molecule has 4 rings (SSSR count). The second-order valence-corrected chi connectivity index (χ2v) is 8.15. The minimum atomic E-state index is -0.0104. The first kappa shape index (κ1) is 21.0. The van der Waals surface area contributed by atoms with Crippen molar-refractivity contribution in [1.82, 2.24) is 34.9 Å². The van der Waals surface area contributed by atoms with Crippen molar-refractivity contribution >= 4 is 29.4 Å². The molecule has 1 saturated heterocycles. The number of nitrogens with zero attached hydrogens (tertiary/aromatic N) is 8. The molecule has 10 heteroatoms. The lowest BCUT2D eigenvalue weighted by molar-refractivity contribution is -0.128. The van der Waals surface area contributed by atoms with Gasteiger partial charge in [0.1, 0.15) is 0 Å². The van der Waals surface area contributed by atoms with E-state index in [1.165, 1.54) is 4.80 Å². The zero-order valence-corrected chi connectivity index (χ0v) is 18.6. The first-order valence-electron chi connectivity index (χ1n) is 10.1. The third-order valence-electron chi connectivity index (χ3n) is 5.31. The first-order valence-corrected chi connectivity index (χ1v) is 10.5. The Morgan fingerprint density at radius 3 is 2.77 bits per heavy atom. The Hall–Kier alpha value is -3.20. The van der Waals surface area contributed by atoms with E-state index in [0.29, 0.717) is 23.9 Å². The fourth-order valence-corrected chi connectivity index (χ4v) is 3.93. The lowest BCUT2D eigenvalue weighted by Crippen LogP contribution is -2.53. The van der Waals surface area contributed by atoms with Gasteiger partial charge in [-0.25, -0.2) is 0 Å². The summed E-state index contributed by atoms with van der Waals surface area (Å²) in [6.07, 6.45) is 5.38. The Labute approximate surface area is 185 Å². The highest BCUT2D eigenvalue weighted by atomic mass is 35.5. The van der Waals surface area contributed by atoms with Crippen LogP contribution in [0.4, 0.5) is 5.82 Å². The van der Waals surface area contributed by atoms with Gasteiger partial charge in [0.2, 0.25) is 5.91 Å². The maximum absolute atomic E-state index is 12.9. The van der Waals surface area contributed by atoms with Gasteiger partial charge < -0.3 is 9.80 Å². The summed E-state index contributed by atoms with van der Waals surface area (Å²) in [5, 5.41) is 17.2. The number of amides is 1. The van der Waals surface area contributed by atoms with E-state index in [4.69, 9.17) is 11.6 Å². The van der Waals surface area contributed by atoms with Crippen LogP contribution in [0.25, 0.3) is 6.08 Å². The van der Waals surface area contributed by atoms with Crippen LogP contribution in [0.5, 0.6) is 0 Å². The van der Waals surface area contributed by atoms with Gasteiger partial charge in [0.05, 0.1) is 6.54 Å². The van der Waals surface area contributed by atoms with Crippen molar-refractivity contribution in [3.8, 4) is 0 Å². The molecule has 1 amide bonds. The van der Waals surface area contributed by atoms with Gasteiger partial charge in [-0.3, -0.25) is 9.48 Å². The predicted octanol–water partition coefficient (Wildman–Crippen LogP) is 2.17. The number of carbonyl (C=O) groups is 1. The van der Waals surface area contributed by atoms with Crippen molar-refractivity contribution in [2.24, 2.45) is 7.05 Å². The van der Waals surface area contributed by atoms with E-state index in [-0.39, 0.29) is 11.9 Å². The van der Waals surface area contributed by atoms with Gasteiger partial charge >= 0.3 is 0 Å². The number of halogens is 1. The van der Waals surface area contributed by atoms with Crippen LogP contribution in [0.1, 0.15) is 23.9 Å². The average molecular weight is 441 g/mol. The van der Waals surface area contributed by atoms with Gasteiger partial charge in [-0.05, 0) is 48.4 Å². The minimum absolute atomic E-state index is 0.0104. The predicted molar refractivity (Wildman–Crippen MR) is 119 cm³/mol. The summed E-state index contributed by atoms with van der Waals surface area (Å²) >= 11 is 6.18. The molecular weight excluding hydrogens is 416 g/mol. The Kier molecular flexibility index (Phi) is 6.03. The van der Waals surface area contributed by atoms with Gasteiger partial charge in [-0.1, -0.05) is 17.7 Å². The number of hydrogen-bond donors (Lipinski definition) is 0. The minimum Gasteiger partial charge on any atom is -0.351 e. The van der Waals surface area contributed by atoms with E-state index >= 15 is 0 Å². The zero-order chi connectivity index (χ0) is 22.0. The number of carbonyl (C=O) groups excluding carboxylic acids is 1. The molecule has 1 aliphatic rings. The molecule has 162 valence electrons. The summed E-state index contributed by atoms with van der Waals surface area (Å²) in [4.78, 5) is 18.5. The van der Waals surface area contributed by atoms with Crippen LogP contribution in [-0.4, -0.2) is 66.5 Å². The molecule has 3 heterocycles. The normalized spacial score (nSPS) is 17.0. The van der Waals surface area contributed by atoms with Crippen LogP contribution in [0.2, 0.25) is 5.02 Å². The van der Waals surface area contributed by atoms with Crippen LogP contribution < -0.4 is 4.90 Å². The Balaban J connectivity index is 1.44. The van der Waals surface area contributed by atoms with Crippen molar-refractivity contribution in [3.05, 3.63) is 58.5 Å². The molecule has 1 atom stereocenters. The fraction of sp³-hybridized carbons (Fsp3) is 0.381. The smallest absolute Gasteiger partial charge is 0.246 e. The SMILES string of the molecule is Cc1nnn(Cc2cc(Cl)ccc2C=CC(=O)N2CCN(c3ccn(C)n3)CC2C)n1. The Morgan fingerprint density at radius 1 is 1.26 bits per heavy atom. The fourth-order valence-electron chi connectivity index (χ4n) is 3.74. The molecule has 0 aliphatic carbocycles. The van der Waals surface area contributed by atoms with Crippen LogP contribution >= 0.6 is 11.6 Å². The molecule has 1 fully saturated rings. The quantitative estimate of drug-likeness (QED) is 0.565. The molecular formula is C21H25ClN8O. The number of anilines is 1. The summed E-state index contributed by atoms with van der Waals surface area (Å²) in [6, 6.07) is 7.65. The topological polar surface area (TPSA) is 85.0 Å². The van der Waals surface area contributed by atoms with E-state index in [2.05, 4.69) is 32.3 Å². The molecule has 3 aromatic rings. The molecule has 0 radical (unpaired) electrons. The van der Waals surface area contributed by atoms with E-state index in [0.717, 1.165) is 30.0 Å². The van der Waals surface area contributed by atoms with Crippen LogP contribution in [0.15, 0.2) is 36.5 Å². The highest BCUT2D eigenvalue weighted by molar-refractivity contribution is 6.30. The van der Waals surface area contributed by atoms with Gasteiger partial charge in [0.25, 0.3) is 0 Å². The molecule has 31 heavy (non-hydrogen) atoms. The van der Waals surface area contributed by atoms with E-state index in [9.17, 15) is 4.79 Å². The summed E-state index contributed by atoms with van der Waals surface area (Å²) in [5.74, 6) is 1.54. The largest absolute Gasteiger partial charge is 0.351 e. The molecule has 9 nitrogen and oxygen atoms in total. The third-order valence-corrected chi connectivity index (χ3v) is 5.54. The molecule has 1 aromatic carbocycles. The Bertz CT molecular complexity index is 1100. The zero-order valence-electron chi connectivity index (χ0n) is 17.8. The number of aryl methyl sites for hydroxylation is 2. The second kappa shape index (κ2) is 8.89. The van der Waals surface area contributed by atoms with E-state index in [1.807, 2.05) is 48.5 Å². The van der Waals surface area contributed by atoms with Crippen molar-refractivity contribution in [2.45, 2.75) is 26.4 Å². The van der Waals surface area contributed by atoms with Crippen molar-refractivity contribution < 1.29 is 4.79 Å². The number of rotatable bonds is 5. The average Bonchev–Trinajstić information content (AvgIpc) is 3.35. The van der Waals surface area contributed by atoms with E-state index < -0.39 is 0 Å². The van der Waals surface area contributed by atoms with Crippen LogP contribution in [0.3, 0.4) is 0 Å². The maximum Gasteiger partial charge on any atom is 0.246 e. The third kappa shape index (κ3) is 4.93. The lowest BCUT2D eigenvalue weighted by atomic mass is 10.1. The monoisotopic (exact) mass is 440 g/mol. The number of benzene rings is 1. The number of piperazine rings is 1. The first-order chi connectivity index (χ1) is 14.9. The van der Waals surface area contributed by atoms with Crippen LogP contribution in [-0.2, 0) is 18.4 Å². The Morgan fingerprint density at radius 2 is 2.10 bits per heavy atom. The summed E-state index contributed by atoms with van der Waals surface area (Å²) < 4.78 is 1.79.